The first-order valence-electron chi connectivity index (χ1n) is 10.7. The average Bonchev–Trinajstić information content (AvgIpc) is 3.45. The quantitative estimate of drug-likeness (QED) is 0.307. The molecule has 34 heavy (non-hydrogen) atoms. The molecule has 0 atom stereocenters. The Morgan fingerprint density at radius 2 is 1.91 bits per heavy atom. The molecule has 2 heterocycles. The van der Waals surface area contributed by atoms with E-state index < -0.39 is 5.91 Å². The van der Waals surface area contributed by atoms with Gasteiger partial charge < -0.3 is 19.4 Å². The van der Waals surface area contributed by atoms with Gasteiger partial charge >= 0.3 is 0 Å². The molecule has 1 N–H and O–H groups in total. The zero-order valence-electron chi connectivity index (χ0n) is 18.1. The molecule has 1 aromatic heterocycles. The molecule has 0 saturated heterocycles. The van der Waals surface area contributed by atoms with E-state index in [0.717, 1.165) is 27.6 Å². The van der Waals surface area contributed by atoms with Gasteiger partial charge in [0.05, 0.1) is 0 Å². The van der Waals surface area contributed by atoms with Crippen molar-refractivity contribution in [3.05, 3.63) is 100 Å². The second kappa shape index (κ2) is 9.34. The van der Waals surface area contributed by atoms with Crippen molar-refractivity contribution in [1.82, 2.24) is 9.88 Å². The Morgan fingerprint density at radius 1 is 1.06 bits per heavy atom. The second-order valence-corrected chi connectivity index (χ2v) is 8.34. The maximum absolute atomic E-state index is 12.8. The van der Waals surface area contributed by atoms with E-state index in [9.17, 15) is 10.1 Å². The minimum atomic E-state index is -0.438. The number of aromatic nitrogens is 1. The van der Waals surface area contributed by atoms with E-state index in [1.807, 2.05) is 72.9 Å². The standard InChI is InChI=1S/C27H20ClN3O3/c28-22-5-3-4-19(10-22)15-31-16-21(23-6-1-2-7-24(23)31)12-20(13-29)27(32)30-14-18-8-9-25-26(11-18)34-17-33-25/h1-12,16H,14-15,17H2,(H,30,32). The van der Waals surface area contributed by atoms with Crippen LogP contribution >= 0.6 is 11.6 Å². The Hall–Kier alpha value is -4.21. The molecule has 7 heteroatoms. The molecule has 0 saturated carbocycles. The highest BCUT2D eigenvalue weighted by molar-refractivity contribution is 6.30. The Bertz CT molecular complexity index is 1470. The van der Waals surface area contributed by atoms with E-state index in [-0.39, 0.29) is 18.9 Å². The number of fused-ring (bicyclic) bond motifs is 2. The predicted octanol–water partition coefficient (Wildman–Crippen LogP) is 5.30. The summed E-state index contributed by atoms with van der Waals surface area (Å²) in [7, 11) is 0. The molecule has 1 aliphatic heterocycles. The lowest BCUT2D eigenvalue weighted by Gasteiger charge is -2.06. The van der Waals surface area contributed by atoms with Gasteiger partial charge in [-0.25, -0.2) is 0 Å². The number of hydrogen-bond acceptors (Lipinski definition) is 4. The molecule has 5 rings (SSSR count). The maximum atomic E-state index is 12.8. The highest BCUT2D eigenvalue weighted by Crippen LogP contribution is 2.32. The summed E-state index contributed by atoms with van der Waals surface area (Å²) in [5.74, 6) is 0.893. The molecular formula is C27H20ClN3O3. The molecule has 1 aliphatic rings. The van der Waals surface area contributed by atoms with Gasteiger partial charge in [0.15, 0.2) is 11.5 Å². The number of benzene rings is 3. The van der Waals surface area contributed by atoms with Crippen molar-refractivity contribution in [2.75, 3.05) is 6.79 Å². The van der Waals surface area contributed by atoms with Crippen molar-refractivity contribution < 1.29 is 14.3 Å². The molecule has 1 amide bonds. The van der Waals surface area contributed by atoms with Crippen LogP contribution in [0.1, 0.15) is 16.7 Å². The molecule has 0 spiro atoms. The van der Waals surface area contributed by atoms with Gasteiger partial charge in [-0.05, 0) is 47.5 Å². The molecule has 0 aliphatic carbocycles. The van der Waals surface area contributed by atoms with Crippen LogP contribution in [0.4, 0.5) is 0 Å². The Morgan fingerprint density at radius 3 is 2.76 bits per heavy atom. The van der Waals surface area contributed by atoms with E-state index in [0.29, 0.717) is 23.1 Å². The third kappa shape index (κ3) is 4.47. The first-order chi connectivity index (χ1) is 16.6. The Balaban J connectivity index is 1.38. The summed E-state index contributed by atoms with van der Waals surface area (Å²) in [5, 5.41) is 14.1. The Kier molecular flexibility index (Phi) is 5.94. The van der Waals surface area contributed by atoms with Crippen LogP contribution in [0.5, 0.6) is 11.5 Å². The van der Waals surface area contributed by atoms with Crippen molar-refractivity contribution in [2.24, 2.45) is 0 Å². The van der Waals surface area contributed by atoms with Gasteiger partial charge in [0.25, 0.3) is 5.91 Å². The largest absolute Gasteiger partial charge is 0.454 e. The van der Waals surface area contributed by atoms with Crippen LogP contribution in [0, 0.1) is 11.3 Å². The number of amides is 1. The van der Waals surface area contributed by atoms with Crippen molar-refractivity contribution in [3.63, 3.8) is 0 Å². The van der Waals surface area contributed by atoms with Gasteiger partial charge in [-0.2, -0.15) is 5.26 Å². The van der Waals surface area contributed by atoms with Gasteiger partial charge in [0, 0.05) is 40.8 Å². The number of carbonyl (C=O) groups is 1. The van der Waals surface area contributed by atoms with Crippen molar-refractivity contribution in [1.29, 1.82) is 5.26 Å². The van der Waals surface area contributed by atoms with E-state index >= 15 is 0 Å². The lowest BCUT2D eigenvalue weighted by atomic mass is 10.1. The number of para-hydroxylation sites is 1. The van der Waals surface area contributed by atoms with Crippen LogP contribution in [0.25, 0.3) is 17.0 Å². The van der Waals surface area contributed by atoms with Crippen molar-refractivity contribution in [2.45, 2.75) is 13.1 Å². The fraction of sp³-hybridized carbons (Fsp3) is 0.111. The molecule has 168 valence electrons. The molecule has 0 radical (unpaired) electrons. The summed E-state index contributed by atoms with van der Waals surface area (Å²) >= 11 is 6.15. The zero-order chi connectivity index (χ0) is 23.5. The number of nitriles is 1. The summed E-state index contributed by atoms with van der Waals surface area (Å²) in [4.78, 5) is 12.8. The number of rotatable bonds is 6. The number of nitrogens with zero attached hydrogens (tertiary/aromatic N) is 2. The third-order valence-electron chi connectivity index (χ3n) is 5.62. The normalized spacial score (nSPS) is 12.5. The van der Waals surface area contributed by atoms with E-state index in [4.69, 9.17) is 21.1 Å². The summed E-state index contributed by atoms with van der Waals surface area (Å²) < 4.78 is 12.8. The minimum absolute atomic E-state index is 0.0337. The SMILES string of the molecule is N#CC(=Cc1cn(Cc2cccc(Cl)c2)c2ccccc12)C(=O)NCc1ccc2c(c1)OCO2. The number of carbonyl (C=O) groups excluding carboxylic acids is 1. The average molecular weight is 470 g/mol. The minimum Gasteiger partial charge on any atom is -0.454 e. The zero-order valence-corrected chi connectivity index (χ0v) is 18.9. The molecule has 0 unspecified atom stereocenters. The van der Waals surface area contributed by atoms with Crippen LogP contribution < -0.4 is 14.8 Å². The molecule has 0 fully saturated rings. The third-order valence-corrected chi connectivity index (χ3v) is 5.85. The van der Waals surface area contributed by atoms with Gasteiger partial charge in [-0.15, -0.1) is 0 Å². The van der Waals surface area contributed by atoms with Gasteiger partial charge in [0.2, 0.25) is 6.79 Å². The van der Waals surface area contributed by atoms with Gasteiger partial charge in [0.1, 0.15) is 11.6 Å². The topological polar surface area (TPSA) is 76.3 Å². The number of hydrogen-bond donors (Lipinski definition) is 1. The van der Waals surface area contributed by atoms with Gasteiger partial charge in [-0.1, -0.05) is 48.0 Å². The summed E-state index contributed by atoms with van der Waals surface area (Å²) in [5.41, 5.74) is 3.75. The Labute approximate surface area is 201 Å². The molecule has 0 bridgehead atoms. The molecule has 6 nitrogen and oxygen atoms in total. The first kappa shape index (κ1) is 21.6. The summed E-state index contributed by atoms with van der Waals surface area (Å²) in [6.07, 6.45) is 3.58. The monoisotopic (exact) mass is 469 g/mol. The van der Waals surface area contributed by atoms with Gasteiger partial charge in [-0.3, -0.25) is 4.79 Å². The lowest BCUT2D eigenvalue weighted by Crippen LogP contribution is -2.23. The van der Waals surface area contributed by atoms with E-state index in [2.05, 4.69) is 9.88 Å². The highest BCUT2D eigenvalue weighted by atomic mass is 35.5. The van der Waals surface area contributed by atoms with Crippen LogP contribution in [0.3, 0.4) is 0 Å². The van der Waals surface area contributed by atoms with Crippen LogP contribution in [-0.4, -0.2) is 17.3 Å². The predicted molar refractivity (Wildman–Crippen MR) is 130 cm³/mol. The van der Waals surface area contributed by atoms with Crippen molar-refractivity contribution >= 4 is 34.5 Å². The molecule has 4 aromatic rings. The van der Waals surface area contributed by atoms with E-state index in [1.165, 1.54) is 0 Å². The highest BCUT2D eigenvalue weighted by Gasteiger charge is 2.15. The fourth-order valence-electron chi connectivity index (χ4n) is 3.99. The molecule has 3 aromatic carbocycles. The lowest BCUT2D eigenvalue weighted by molar-refractivity contribution is -0.117. The first-order valence-corrected chi connectivity index (χ1v) is 11.1. The van der Waals surface area contributed by atoms with Crippen LogP contribution in [-0.2, 0) is 17.9 Å². The van der Waals surface area contributed by atoms with Crippen molar-refractivity contribution in [3.8, 4) is 17.6 Å². The maximum Gasteiger partial charge on any atom is 0.262 e. The fourth-order valence-corrected chi connectivity index (χ4v) is 4.20. The number of ether oxygens (including phenoxy) is 2. The number of nitrogens with one attached hydrogen (secondary N) is 1. The molecular weight excluding hydrogens is 450 g/mol. The van der Waals surface area contributed by atoms with Crippen LogP contribution in [0.15, 0.2) is 78.5 Å². The summed E-state index contributed by atoms with van der Waals surface area (Å²) in [6.45, 7) is 1.08. The number of halogens is 1. The van der Waals surface area contributed by atoms with E-state index in [1.54, 1.807) is 12.1 Å². The van der Waals surface area contributed by atoms with Crippen LogP contribution in [0.2, 0.25) is 5.02 Å². The summed E-state index contributed by atoms with van der Waals surface area (Å²) in [6, 6.07) is 23.1. The smallest absolute Gasteiger partial charge is 0.262 e. The second-order valence-electron chi connectivity index (χ2n) is 7.90.